The highest BCUT2D eigenvalue weighted by atomic mass is 31.2. The number of aliphatic hydroxyl groups excluding tert-OH is 1. The first-order chi connectivity index (χ1) is 42.0. The quantitative estimate of drug-likeness (QED) is 0.0222. The molecule has 0 aliphatic heterocycles. The molecule has 0 rings (SSSR count). The number of carbonyl (C=O) groups is 4. The van der Waals surface area contributed by atoms with Crippen molar-refractivity contribution in [3.05, 3.63) is 0 Å². The van der Waals surface area contributed by atoms with Gasteiger partial charge in [0, 0.05) is 25.7 Å². The number of esters is 4. The summed E-state index contributed by atoms with van der Waals surface area (Å²) in [6, 6.07) is 0. The van der Waals surface area contributed by atoms with Crippen LogP contribution in [0, 0.1) is 5.92 Å². The van der Waals surface area contributed by atoms with Crippen LogP contribution in [0.3, 0.4) is 0 Å². The summed E-state index contributed by atoms with van der Waals surface area (Å²) in [6.45, 7) is 7.18. The van der Waals surface area contributed by atoms with Crippen molar-refractivity contribution in [2.75, 3.05) is 39.6 Å². The van der Waals surface area contributed by atoms with Gasteiger partial charge in [-0.15, -0.1) is 0 Å². The molecule has 3 N–H and O–H groups in total. The maximum Gasteiger partial charge on any atom is 0.472 e. The van der Waals surface area contributed by atoms with Gasteiger partial charge in [0.05, 0.1) is 26.4 Å². The highest BCUT2D eigenvalue weighted by molar-refractivity contribution is 7.47. The minimum atomic E-state index is -4.95. The number of ether oxygens (including phenoxy) is 4. The summed E-state index contributed by atoms with van der Waals surface area (Å²) < 4.78 is 68.2. The number of unbranched alkanes of at least 4 members (excludes halogenated alkanes) is 40. The minimum absolute atomic E-state index is 0.107. The Hall–Kier alpha value is -1.94. The summed E-state index contributed by atoms with van der Waals surface area (Å²) in [5.74, 6) is -1.40. The number of hydrogen-bond acceptors (Lipinski definition) is 15. The van der Waals surface area contributed by atoms with E-state index in [1.807, 2.05) is 0 Å². The molecule has 0 aromatic heterocycles. The van der Waals surface area contributed by atoms with E-state index in [1.165, 1.54) is 173 Å². The molecule has 0 radical (unpaired) electrons. The fourth-order valence-electron chi connectivity index (χ4n) is 10.3. The van der Waals surface area contributed by atoms with Gasteiger partial charge in [0.25, 0.3) is 0 Å². The van der Waals surface area contributed by atoms with Gasteiger partial charge in [0.15, 0.2) is 12.2 Å². The number of rotatable bonds is 68. The van der Waals surface area contributed by atoms with Gasteiger partial charge in [-0.2, -0.15) is 0 Å². The molecule has 0 aliphatic rings. The van der Waals surface area contributed by atoms with Crippen molar-refractivity contribution >= 4 is 39.5 Å². The van der Waals surface area contributed by atoms with E-state index in [-0.39, 0.29) is 25.7 Å². The summed E-state index contributed by atoms with van der Waals surface area (Å²) in [6.07, 6.45) is 47.1. The molecule has 0 aromatic rings. The number of carbonyl (C=O) groups excluding carboxylic acids is 4. The van der Waals surface area contributed by atoms with Gasteiger partial charge >= 0.3 is 39.5 Å². The third-order valence-electron chi connectivity index (χ3n) is 15.8. The number of phosphoric acid groups is 2. The van der Waals surface area contributed by atoms with Gasteiger partial charge in [0.2, 0.25) is 0 Å². The van der Waals surface area contributed by atoms with Crippen molar-refractivity contribution in [3.8, 4) is 0 Å². The van der Waals surface area contributed by atoms with Crippen LogP contribution in [0.2, 0.25) is 0 Å². The monoisotopic (exact) mass is 1280 g/mol. The number of hydrogen-bond donors (Lipinski definition) is 3. The molecule has 0 amide bonds. The summed E-state index contributed by atoms with van der Waals surface area (Å²) in [5.41, 5.74) is 0. The molecule has 0 bridgehead atoms. The van der Waals surface area contributed by atoms with Crippen LogP contribution in [0.15, 0.2) is 0 Å². The molecule has 0 saturated carbocycles. The van der Waals surface area contributed by atoms with Crippen LogP contribution in [0.1, 0.15) is 349 Å². The normalized spacial score (nSPS) is 14.1. The van der Waals surface area contributed by atoms with Crippen LogP contribution in [-0.4, -0.2) is 96.7 Å². The Morgan fingerprint density at radius 2 is 0.529 bits per heavy atom. The molecule has 0 heterocycles. The molecule has 0 fully saturated rings. The molecule has 516 valence electrons. The Labute approximate surface area is 530 Å². The molecule has 0 spiro atoms. The first-order valence-electron chi connectivity index (χ1n) is 35.6. The molecule has 0 saturated heterocycles. The molecule has 0 aliphatic carbocycles. The molecule has 17 nitrogen and oxygen atoms in total. The number of phosphoric ester groups is 2. The zero-order valence-corrected chi connectivity index (χ0v) is 57.9. The molecule has 0 aromatic carbocycles. The van der Waals surface area contributed by atoms with Gasteiger partial charge < -0.3 is 33.8 Å². The van der Waals surface area contributed by atoms with E-state index in [9.17, 15) is 43.2 Å². The van der Waals surface area contributed by atoms with E-state index in [1.54, 1.807) is 0 Å². The second-order valence-corrected chi connectivity index (χ2v) is 27.9. The highest BCUT2D eigenvalue weighted by Gasteiger charge is 2.30. The van der Waals surface area contributed by atoms with E-state index in [0.717, 1.165) is 95.8 Å². The van der Waals surface area contributed by atoms with Gasteiger partial charge in [-0.3, -0.25) is 37.3 Å². The van der Waals surface area contributed by atoms with Gasteiger partial charge in [-0.25, -0.2) is 9.13 Å². The van der Waals surface area contributed by atoms with E-state index in [4.69, 9.17) is 37.0 Å². The molecule has 5 atom stereocenters. The Morgan fingerprint density at radius 3 is 0.782 bits per heavy atom. The van der Waals surface area contributed by atoms with E-state index in [2.05, 4.69) is 34.6 Å². The first-order valence-corrected chi connectivity index (χ1v) is 38.6. The predicted octanol–water partition coefficient (Wildman–Crippen LogP) is 19.4. The van der Waals surface area contributed by atoms with Crippen LogP contribution < -0.4 is 0 Å². The van der Waals surface area contributed by atoms with Crippen LogP contribution in [0.25, 0.3) is 0 Å². The summed E-state index contributed by atoms with van der Waals surface area (Å²) >= 11 is 0. The third kappa shape index (κ3) is 62.6. The van der Waals surface area contributed by atoms with Crippen molar-refractivity contribution in [2.24, 2.45) is 5.92 Å². The van der Waals surface area contributed by atoms with Crippen LogP contribution in [0.4, 0.5) is 0 Å². The fourth-order valence-corrected chi connectivity index (χ4v) is 11.9. The lowest BCUT2D eigenvalue weighted by Crippen LogP contribution is -2.30. The lowest BCUT2D eigenvalue weighted by atomic mass is 10.0. The van der Waals surface area contributed by atoms with Gasteiger partial charge in [0.1, 0.15) is 19.3 Å². The molecule has 2 unspecified atom stereocenters. The van der Waals surface area contributed by atoms with E-state index in [0.29, 0.717) is 25.7 Å². The van der Waals surface area contributed by atoms with Crippen molar-refractivity contribution in [1.82, 2.24) is 0 Å². The average Bonchev–Trinajstić information content (AvgIpc) is 3.70. The van der Waals surface area contributed by atoms with Crippen molar-refractivity contribution in [2.45, 2.75) is 368 Å². The van der Waals surface area contributed by atoms with Crippen molar-refractivity contribution < 1.29 is 80.2 Å². The Balaban J connectivity index is 5.22. The maximum atomic E-state index is 13.0. The summed E-state index contributed by atoms with van der Waals surface area (Å²) in [5, 5.41) is 10.6. The minimum Gasteiger partial charge on any atom is -0.462 e. The lowest BCUT2D eigenvalue weighted by Gasteiger charge is -2.21. The molecule has 87 heavy (non-hydrogen) atoms. The second kappa shape index (κ2) is 61.6. The van der Waals surface area contributed by atoms with Crippen molar-refractivity contribution in [1.29, 1.82) is 0 Å². The van der Waals surface area contributed by atoms with Crippen molar-refractivity contribution in [3.63, 3.8) is 0 Å². The maximum absolute atomic E-state index is 13.0. The standard InChI is InChI=1S/C68H132O17P2/c1-6-9-12-15-18-21-24-25-26-27-28-29-32-39-44-49-54-68(73)85-64(58-79-66(71)52-47-42-37-34-33-35-40-45-50-61(4)5)60-83-87(76,77)81-56-62(69)55-80-86(74,75)82-59-63(84-67(72)53-48-43-38-31-23-20-17-14-11-8-3)57-78-65(70)51-46-41-36-30-22-19-16-13-10-7-2/h61-64,69H,6-60H2,1-5H3,(H,74,75)(H,76,77)/t62-,63+,64+/m0/s1. The number of aliphatic hydroxyl groups is 1. The van der Waals surface area contributed by atoms with Crippen LogP contribution in [-0.2, 0) is 65.4 Å². The second-order valence-electron chi connectivity index (χ2n) is 25.0. The molecular weight excluding hydrogens is 1150 g/mol. The largest absolute Gasteiger partial charge is 0.472 e. The van der Waals surface area contributed by atoms with Gasteiger partial charge in [-0.1, -0.05) is 298 Å². The van der Waals surface area contributed by atoms with Gasteiger partial charge in [-0.05, 0) is 31.6 Å². The topological polar surface area (TPSA) is 237 Å². The lowest BCUT2D eigenvalue weighted by molar-refractivity contribution is -0.161. The summed E-state index contributed by atoms with van der Waals surface area (Å²) in [4.78, 5) is 72.4. The SMILES string of the molecule is CCCCCCCCCCCCCCCCCCC(=O)O[C@H](COC(=O)CCCCCCCCCCC(C)C)COP(=O)(O)OC[C@@H](O)COP(=O)(O)OC[C@@H](COC(=O)CCCCCCCCCCCC)OC(=O)CCCCCCCCCCCC. The van der Waals surface area contributed by atoms with E-state index < -0.39 is 97.5 Å². The average molecular weight is 1280 g/mol. The molecule has 19 heteroatoms. The Morgan fingerprint density at radius 1 is 0.310 bits per heavy atom. The smallest absolute Gasteiger partial charge is 0.462 e. The zero-order valence-electron chi connectivity index (χ0n) is 56.2. The fraction of sp³-hybridized carbons (Fsp3) is 0.941. The predicted molar refractivity (Wildman–Crippen MR) is 349 cm³/mol. The molecular formula is C68H132O17P2. The third-order valence-corrected chi connectivity index (χ3v) is 17.7. The zero-order chi connectivity index (χ0) is 64.2. The highest BCUT2D eigenvalue weighted by Crippen LogP contribution is 2.45. The Bertz CT molecular complexity index is 1690. The van der Waals surface area contributed by atoms with E-state index >= 15 is 0 Å². The first kappa shape index (κ1) is 85.1. The van der Waals surface area contributed by atoms with Crippen LogP contribution in [0.5, 0.6) is 0 Å². The Kier molecular flexibility index (Phi) is 60.2. The van der Waals surface area contributed by atoms with Crippen LogP contribution >= 0.6 is 15.6 Å². The summed E-state index contributed by atoms with van der Waals surface area (Å²) in [7, 11) is -9.89.